The molecule has 0 N–H and O–H groups in total. The number of ether oxygens (including phenoxy) is 3. The Balaban J connectivity index is 0.898. The number of benzene rings is 5. The van der Waals surface area contributed by atoms with Crippen LogP contribution in [0.15, 0.2) is 232 Å². The molecule has 10 rings (SSSR count). The second kappa shape index (κ2) is 31.7. The van der Waals surface area contributed by atoms with Crippen LogP contribution >= 0.6 is 41.7 Å². The molecule has 2 aliphatic rings. The molecule has 0 spiro atoms. The van der Waals surface area contributed by atoms with Crippen LogP contribution in [0, 0.1) is 15.7 Å². The Kier molecular flexibility index (Phi) is 23.2. The zero-order chi connectivity index (χ0) is 60.4. The molecule has 11 heteroatoms. The molecule has 0 aliphatic carbocycles. The standard InChI is InChI=1S/C76H72N2O3PS3.2Os/c1-8-11-12-13-14-24-47-81-76-55(6)72(74-75(78-85-77-74)73(76)71-46-43-68(83-71)26-9-2)70-45-44-69(84-70)34-25-27-62-51-80-53-64(62)48-60(54(4)5)41-39-57-35-37-58(38-36-57)40-42-61(49-63-52-79-50-59(63)10-3)56(7)82(65-28-18-15-19-29-65,66-30-20-16-21-31-66)67-32-22-17-23-33-67;;/h9-10,15-23,25-46,48-49H,8,11-14,24,47,50-53H2,1-4,6H3;;/q+1;;/b26-9+,34-25+,41-39+,42-40+,59-10?,60-54?,61-56?,62-27?,63-49?,64-48?;;. The first-order valence-electron chi connectivity index (χ1n) is 29.8. The van der Waals surface area contributed by atoms with Gasteiger partial charge < -0.3 is 4.74 Å². The van der Waals surface area contributed by atoms with E-state index in [-0.39, 0.29) is 0 Å². The summed E-state index contributed by atoms with van der Waals surface area (Å²) in [4.78, 5) is 4.67. The Bertz CT molecular complexity index is 4020. The first kappa shape index (κ1) is 63.7. The molecule has 2 aliphatic heterocycles. The van der Waals surface area contributed by atoms with E-state index in [9.17, 15) is 0 Å². The Labute approximate surface area is 547 Å². The van der Waals surface area contributed by atoms with Crippen LogP contribution < -0.4 is 20.7 Å². The summed E-state index contributed by atoms with van der Waals surface area (Å²) in [6.07, 6.45) is 33.8. The van der Waals surface area contributed by atoms with E-state index in [0.29, 0.717) is 33.0 Å². The topological polar surface area (TPSA) is 53.5 Å². The van der Waals surface area contributed by atoms with Crippen molar-refractivity contribution in [3.05, 3.63) is 259 Å². The van der Waals surface area contributed by atoms with Crippen LogP contribution in [0.4, 0.5) is 0 Å². The molecule has 2 saturated heterocycles. The third-order valence-corrected chi connectivity index (χ3v) is 24.7. The molecule has 0 saturated carbocycles. The van der Waals surface area contributed by atoms with Gasteiger partial charge in [-0.3, -0.25) is 0 Å². The third-order valence-electron chi connectivity index (χ3n) is 15.7. The van der Waals surface area contributed by atoms with Crippen molar-refractivity contribution >= 4 is 92.9 Å². The van der Waals surface area contributed by atoms with Crippen molar-refractivity contribution in [3.8, 4) is 35.4 Å². The summed E-state index contributed by atoms with van der Waals surface area (Å²) in [6, 6.07) is 50.8. The number of nitrogens with zero attached hydrogens (tertiary/aromatic N) is 2. The first-order valence-corrected chi connectivity index (χ1v) is 36.5. The quantitative estimate of drug-likeness (QED) is 0.0363. The number of hydrogen-bond acceptors (Lipinski definition) is 8. The first-order chi connectivity index (χ1) is 42.8. The molecular formula is C76H72N2O3Os2PS3+. The number of hydrogen-bond donors (Lipinski definition) is 0. The molecule has 3 aromatic heterocycles. The molecule has 87 heavy (non-hydrogen) atoms. The van der Waals surface area contributed by atoms with Gasteiger partial charge in [-0.05, 0) is 38.5 Å². The summed E-state index contributed by atoms with van der Waals surface area (Å²) in [6.45, 7) is 13.7. The maximum absolute atomic E-state index is 6.82. The molecule has 5 aromatic carbocycles. The molecule has 2 fully saturated rings. The van der Waals surface area contributed by atoms with Crippen LogP contribution in [0.1, 0.15) is 92.7 Å². The number of rotatable bonds is 23. The van der Waals surface area contributed by atoms with Gasteiger partial charge in [-0.2, -0.15) is 8.75 Å². The Morgan fingerprint density at radius 2 is 1.10 bits per heavy atom. The van der Waals surface area contributed by atoms with Crippen molar-refractivity contribution in [2.75, 3.05) is 33.0 Å². The van der Waals surface area contributed by atoms with Gasteiger partial charge in [0, 0.05) is 20.9 Å². The van der Waals surface area contributed by atoms with E-state index in [0.717, 1.165) is 82.4 Å². The Morgan fingerprint density at radius 1 is 0.586 bits per heavy atom. The molecule has 442 valence electrons. The molecule has 0 unspecified atom stereocenters. The summed E-state index contributed by atoms with van der Waals surface area (Å²) >= 11 is 8.38. The third kappa shape index (κ3) is 15.2. The van der Waals surface area contributed by atoms with Crippen molar-refractivity contribution in [3.63, 3.8) is 0 Å². The second-order valence-electron chi connectivity index (χ2n) is 21.4. The summed E-state index contributed by atoms with van der Waals surface area (Å²) in [5.41, 5.74) is 15.4. The molecule has 0 radical (unpaired) electrons. The van der Waals surface area contributed by atoms with Gasteiger partial charge in [0.2, 0.25) is 0 Å². The van der Waals surface area contributed by atoms with Crippen molar-refractivity contribution in [2.24, 2.45) is 0 Å². The van der Waals surface area contributed by atoms with Crippen LogP contribution in [-0.4, -0.2) is 41.8 Å². The van der Waals surface area contributed by atoms with E-state index in [1.807, 2.05) is 17.9 Å². The fraction of sp³-hybridized carbons (Fsp3) is 0.211. The van der Waals surface area contributed by atoms with Gasteiger partial charge in [-0.25, -0.2) is 0 Å². The molecule has 8 aromatic rings. The van der Waals surface area contributed by atoms with Crippen molar-refractivity contribution in [1.29, 1.82) is 0 Å². The number of aromatic nitrogens is 2. The van der Waals surface area contributed by atoms with E-state index in [4.69, 9.17) is 23.0 Å². The predicted octanol–water partition coefficient (Wildman–Crippen LogP) is 19.3. The summed E-state index contributed by atoms with van der Waals surface area (Å²) < 4.78 is 36.2. The number of fused-ring (bicyclic) bond motifs is 1. The molecule has 0 atom stereocenters. The van der Waals surface area contributed by atoms with E-state index in [2.05, 4.69) is 256 Å². The summed E-state index contributed by atoms with van der Waals surface area (Å²) in [5, 5.41) is 5.05. The van der Waals surface area contributed by atoms with E-state index >= 15 is 0 Å². The van der Waals surface area contributed by atoms with Gasteiger partial charge in [0.15, 0.2) is 0 Å². The van der Waals surface area contributed by atoms with E-state index in [1.54, 1.807) is 40.6 Å². The Morgan fingerprint density at radius 3 is 1.68 bits per heavy atom. The summed E-state index contributed by atoms with van der Waals surface area (Å²) in [5.74, 6) is 0.923. The second-order valence-corrected chi connectivity index (χ2v) is 28.8. The fourth-order valence-electron chi connectivity index (χ4n) is 11.1. The zero-order valence-electron chi connectivity index (χ0n) is 50.0. The SMILES string of the molecule is CC=C1COCC1=CC(/C=C/c1ccc(/C=C/C(C=C2COCC2=C/C=C/c2ccc(-c3c(C)c(OCCCCCCCC)c(-c4ccc(/C=C/C)s4)c4nsnc34)s2)=C(C)[C]#[Os])cc1)=C([C]#[Os])[P+](c1ccccc1)(c1ccccc1)c1ccccc1. The average molecular weight is 1570 g/mol. The maximum atomic E-state index is 6.82. The van der Waals surface area contributed by atoms with Gasteiger partial charge in [0.05, 0.1) is 23.9 Å². The van der Waals surface area contributed by atoms with Gasteiger partial charge >= 0.3 is 382 Å². The zero-order valence-corrected chi connectivity index (χ0v) is 58.4. The number of thiophene rings is 2. The minimum atomic E-state index is -2.45. The van der Waals surface area contributed by atoms with Crippen molar-refractivity contribution < 1.29 is 50.1 Å². The molecule has 0 bridgehead atoms. The van der Waals surface area contributed by atoms with Gasteiger partial charge in [-0.15, -0.1) is 11.3 Å². The average Bonchev–Trinajstić information content (AvgIpc) is 2.18. The van der Waals surface area contributed by atoms with Gasteiger partial charge in [0.25, 0.3) is 0 Å². The summed E-state index contributed by atoms with van der Waals surface area (Å²) in [7, 11) is -2.45. The minimum absolute atomic E-state index is 0.551. The van der Waals surface area contributed by atoms with Crippen molar-refractivity contribution in [2.45, 2.75) is 73.1 Å². The van der Waals surface area contributed by atoms with E-state index in [1.165, 1.54) is 92.2 Å². The normalized spacial score (nSPS) is 16.4. The molecular weight excluding hydrogens is 1500 g/mol. The number of allylic oxidation sites excluding steroid dienone is 12. The molecule has 5 nitrogen and oxygen atoms in total. The van der Waals surface area contributed by atoms with Crippen LogP contribution in [0.2, 0.25) is 0 Å². The molecule has 0 amide bonds. The Hall–Kier alpha value is -6.30. The van der Waals surface area contributed by atoms with Crippen LogP contribution in [-0.2, 0) is 45.4 Å². The van der Waals surface area contributed by atoms with Gasteiger partial charge in [0.1, 0.15) is 16.8 Å². The van der Waals surface area contributed by atoms with Crippen LogP contribution in [0.5, 0.6) is 5.75 Å². The van der Waals surface area contributed by atoms with Crippen LogP contribution in [0.3, 0.4) is 0 Å². The monoisotopic (exact) mass is 1570 g/mol. The van der Waals surface area contributed by atoms with E-state index < -0.39 is 7.26 Å². The fourth-order valence-corrected chi connectivity index (χ4v) is 19.9. The van der Waals surface area contributed by atoms with Crippen LogP contribution in [0.25, 0.3) is 56.2 Å². The van der Waals surface area contributed by atoms with Crippen molar-refractivity contribution in [1.82, 2.24) is 8.75 Å². The number of unbranched alkanes of at least 4 members (excludes halogenated alkanes) is 5. The predicted molar refractivity (Wildman–Crippen MR) is 368 cm³/mol. The molecule has 5 heterocycles. The van der Waals surface area contributed by atoms with Gasteiger partial charge in [-0.1, -0.05) is 45.1 Å².